The lowest BCUT2D eigenvalue weighted by atomic mass is 9.93. The van der Waals surface area contributed by atoms with Crippen molar-refractivity contribution in [3.05, 3.63) is 59.7 Å². The van der Waals surface area contributed by atoms with Crippen LogP contribution in [-0.4, -0.2) is 5.11 Å². The Morgan fingerprint density at radius 1 is 1.14 bits per heavy atom. The first-order valence-electron chi connectivity index (χ1n) is 4.91. The molecule has 14 heavy (non-hydrogen) atoms. The second-order valence-corrected chi connectivity index (χ2v) is 3.60. The zero-order chi connectivity index (χ0) is 9.97. The van der Waals surface area contributed by atoms with Gasteiger partial charge in [-0.2, -0.15) is 0 Å². The van der Waals surface area contributed by atoms with Crippen molar-refractivity contribution < 1.29 is 5.11 Å². The van der Waals surface area contributed by atoms with Crippen LogP contribution in [0, 0.1) is 0 Å². The van der Waals surface area contributed by atoms with E-state index in [0.29, 0.717) is 5.92 Å². The highest BCUT2D eigenvalue weighted by atomic mass is 16.3. The molecule has 1 heteroatoms. The molecule has 0 heterocycles. The molecule has 0 aliphatic heterocycles. The van der Waals surface area contributed by atoms with E-state index in [4.69, 9.17) is 0 Å². The maximum atomic E-state index is 9.62. The topological polar surface area (TPSA) is 20.2 Å². The van der Waals surface area contributed by atoms with Gasteiger partial charge in [0.05, 0.1) is 6.10 Å². The quantitative estimate of drug-likeness (QED) is 0.752. The standard InChI is InChI=1S/C13H14O/c1-10(14)12-8-4-5-9-13(12)11-6-2-3-7-11/h2-11,14H,1H3. The molecular formula is C13H14O. The SMILES string of the molecule is CC(O)c1ccccc1C1C=CC=C1. The van der Waals surface area contributed by atoms with Crippen molar-refractivity contribution >= 4 is 0 Å². The minimum Gasteiger partial charge on any atom is -0.389 e. The molecule has 0 bridgehead atoms. The van der Waals surface area contributed by atoms with Gasteiger partial charge in [-0.15, -0.1) is 0 Å². The Morgan fingerprint density at radius 3 is 2.43 bits per heavy atom. The molecular weight excluding hydrogens is 172 g/mol. The van der Waals surface area contributed by atoms with Crippen molar-refractivity contribution in [1.29, 1.82) is 0 Å². The van der Waals surface area contributed by atoms with Crippen LogP contribution >= 0.6 is 0 Å². The third-order valence-electron chi connectivity index (χ3n) is 2.55. The molecule has 0 amide bonds. The van der Waals surface area contributed by atoms with Gasteiger partial charge in [-0.1, -0.05) is 48.6 Å². The predicted octanol–water partition coefficient (Wildman–Crippen LogP) is 2.95. The molecule has 0 aromatic heterocycles. The van der Waals surface area contributed by atoms with Crippen molar-refractivity contribution in [1.82, 2.24) is 0 Å². The second-order valence-electron chi connectivity index (χ2n) is 3.60. The molecule has 0 radical (unpaired) electrons. The first kappa shape index (κ1) is 9.22. The maximum Gasteiger partial charge on any atom is 0.0764 e. The highest BCUT2D eigenvalue weighted by Gasteiger charge is 2.13. The number of hydrogen-bond donors (Lipinski definition) is 1. The van der Waals surface area contributed by atoms with Gasteiger partial charge in [0.25, 0.3) is 0 Å². The van der Waals surface area contributed by atoms with E-state index in [1.807, 2.05) is 30.4 Å². The van der Waals surface area contributed by atoms with Crippen LogP contribution in [0.5, 0.6) is 0 Å². The van der Waals surface area contributed by atoms with E-state index >= 15 is 0 Å². The molecule has 0 saturated carbocycles. The zero-order valence-electron chi connectivity index (χ0n) is 8.22. The Balaban J connectivity index is 2.41. The number of benzene rings is 1. The fourth-order valence-corrected chi connectivity index (χ4v) is 1.83. The summed E-state index contributed by atoms with van der Waals surface area (Å²) in [5.74, 6) is 0.334. The normalized spacial score (nSPS) is 17.6. The molecule has 2 rings (SSSR count). The lowest BCUT2D eigenvalue weighted by molar-refractivity contribution is 0.198. The summed E-state index contributed by atoms with van der Waals surface area (Å²) in [4.78, 5) is 0. The number of rotatable bonds is 2. The summed E-state index contributed by atoms with van der Waals surface area (Å²) in [7, 11) is 0. The van der Waals surface area contributed by atoms with Crippen molar-refractivity contribution in [3.8, 4) is 0 Å². The minimum absolute atomic E-state index is 0.334. The highest BCUT2D eigenvalue weighted by molar-refractivity contribution is 5.40. The highest BCUT2D eigenvalue weighted by Crippen LogP contribution is 2.29. The van der Waals surface area contributed by atoms with Crippen LogP contribution in [0.2, 0.25) is 0 Å². The van der Waals surface area contributed by atoms with E-state index in [1.165, 1.54) is 5.56 Å². The fourth-order valence-electron chi connectivity index (χ4n) is 1.83. The molecule has 1 nitrogen and oxygen atoms in total. The van der Waals surface area contributed by atoms with E-state index in [2.05, 4.69) is 18.2 Å². The Kier molecular flexibility index (Phi) is 2.51. The molecule has 0 spiro atoms. The van der Waals surface area contributed by atoms with Crippen LogP contribution in [0.1, 0.15) is 30.1 Å². The van der Waals surface area contributed by atoms with Crippen molar-refractivity contribution in [2.45, 2.75) is 18.9 Å². The molecule has 1 aromatic carbocycles. The van der Waals surface area contributed by atoms with E-state index in [-0.39, 0.29) is 0 Å². The van der Waals surface area contributed by atoms with Crippen LogP contribution in [0.15, 0.2) is 48.6 Å². The van der Waals surface area contributed by atoms with Gasteiger partial charge >= 0.3 is 0 Å². The molecule has 0 fully saturated rings. The Hall–Kier alpha value is -1.34. The van der Waals surface area contributed by atoms with Gasteiger partial charge in [0.2, 0.25) is 0 Å². The van der Waals surface area contributed by atoms with Crippen molar-refractivity contribution in [2.75, 3.05) is 0 Å². The maximum absolute atomic E-state index is 9.62. The summed E-state index contributed by atoms with van der Waals surface area (Å²) in [5, 5.41) is 9.62. The number of hydrogen-bond acceptors (Lipinski definition) is 1. The molecule has 1 aliphatic carbocycles. The van der Waals surface area contributed by atoms with Crippen molar-refractivity contribution in [3.63, 3.8) is 0 Å². The zero-order valence-corrected chi connectivity index (χ0v) is 8.22. The van der Waals surface area contributed by atoms with E-state index in [1.54, 1.807) is 6.92 Å². The average Bonchev–Trinajstić information content (AvgIpc) is 2.70. The van der Waals surface area contributed by atoms with E-state index in [9.17, 15) is 5.11 Å². The summed E-state index contributed by atoms with van der Waals surface area (Å²) in [6.07, 6.45) is 7.98. The largest absolute Gasteiger partial charge is 0.389 e. The van der Waals surface area contributed by atoms with Gasteiger partial charge in [-0.05, 0) is 18.1 Å². The van der Waals surface area contributed by atoms with Crippen LogP contribution < -0.4 is 0 Å². The predicted molar refractivity (Wildman–Crippen MR) is 58.1 cm³/mol. The molecule has 1 N–H and O–H groups in total. The summed E-state index contributed by atoms with van der Waals surface area (Å²) >= 11 is 0. The molecule has 1 aromatic rings. The van der Waals surface area contributed by atoms with Crippen LogP contribution in [-0.2, 0) is 0 Å². The van der Waals surface area contributed by atoms with Gasteiger partial charge in [0.1, 0.15) is 0 Å². The number of aliphatic hydroxyl groups excluding tert-OH is 1. The molecule has 1 unspecified atom stereocenters. The summed E-state index contributed by atoms with van der Waals surface area (Å²) in [6, 6.07) is 8.04. The molecule has 72 valence electrons. The Bertz CT molecular complexity index is 363. The van der Waals surface area contributed by atoms with Crippen molar-refractivity contribution in [2.24, 2.45) is 0 Å². The van der Waals surface area contributed by atoms with Crippen LogP contribution in [0.25, 0.3) is 0 Å². The third-order valence-corrected chi connectivity index (χ3v) is 2.55. The summed E-state index contributed by atoms with van der Waals surface area (Å²) < 4.78 is 0. The van der Waals surface area contributed by atoms with E-state index < -0.39 is 6.10 Å². The lowest BCUT2D eigenvalue weighted by Crippen LogP contribution is -2.00. The van der Waals surface area contributed by atoms with Crippen LogP contribution in [0.4, 0.5) is 0 Å². The summed E-state index contributed by atoms with van der Waals surface area (Å²) in [6.45, 7) is 1.81. The fraction of sp³-hybridized carbons (Fsp3) is 0.231. The van der Waals surface area contributed by atoms with E-state index in [0.717, 1.165) is 5.56 Å². The second kappa shape index (κ2) is 3.81. The Labute approximate surface area is 84.4 Å². The number of aliphatic hydroxyl groups is 1. The van der Waals surface area contributed by atoms with Crippen LogP contribution in [0.3, 0.4) is 0 Å². The number of allylic oxidation sites excluding steroid dienone is 4. The average molecular weight is 186 g/mol. The van der Waals surface area contributed by atoms with Gasteiger partial charge in [0.15, 0.2) is 0 Å². The first-order chi connectivity index (χ1) is 6.79. The van der Waals surface area contributed by atoms with Gasteiger partial charge in [0, 0.05) is 5.92 Å². The Morgan fingerprint density at radius 2 is 1.79 bits per heavy atom. The monoisotopic (exact) mass is 186 g/mol. The molecule has 1 atom stereocenters. The molecule has 0 saturated heterocycles. The smallest absolute Gasteiger partial charge is 0.0764 e. The third kappa shape index (κ3) is 1.64. The first-order valence-corrected chi connectivity index (χ1v) is 4.91. The minimum atomic E-state index is -0.395. The summed E-state index contributed by atoms with van der Waals surface area (Å²) in [5.41, 5.74) is 2.22. The molecule has 1 aliphatic rings. The van der Waals surface area contributed by atoms with Gasteiger partial charge in [-0.25, -0.2) is 0 Å². The lowest BCUT2D eigenvalue weighted by Gasteiger charge is -2.14. The van der Waals surface area contributed by atoms with Gasteiger partial charge < -0.3 is 5.11 Å². The van der Waals surface area contributed by atoms with Gasteiger partial charge in [-0.3, -0.25) is 0 Å².